The van der Waals surface area contributed by atoms with E-state index in [9.17, 15) is 19.7 Å². The minimum atomic E-state index is -0.512. The Labute approximate surface area is 202 Å². The van der Waals surface area contributed by atoms with Gasteiger partial charge in [-0.25, -0.2) is 4.98 Å². The lowest BCUT2D eigenvalue weighted by atomic mass is 9.97. The molecule has 1 aromatic heterocycles. The van der Waals surface area contributed by atoms with Gasteiger partial charge in [-0.3, -0.25) is 19.7 Å². The largest absolute Gasteiger partial charge is 0.466 e. The predicted octanol–water partition coefficient (Wildman–Crippen LogP) is 4.79. The molecule has 2 heterocycles. The Hall–Kier alpha value is -4.27. The van der Waals surface area contributed by atoms with Gasteiger partial charge in [-0.05, 0) is 44.0 Å². The maximum Gasteiger partial charge on any atom is 0.353 e. The molecule has 1 aliphatic heterocycles. The van der Waals surface area contributed by atoms with Crippen molar-refractivity contribution in [1.82, 2.24) is 4.98 Å². The van der Waals surface area contributed by atoms with Gasteiger partial charge in [-0.2, -0.15) is 0 Å². The number of pyridine rings is 1. The number of anilines is 1. The molecular weight excluding hydrogens is 450 g/mol. The van der Waals surface area contributed by atoms with Crippen LogP contribution < -0.4 is 9.64 Å². The second-order valence-corrected chi connectivity index (χ2v) is 8.07. The molecule has 0 radical (unpaired) electrons. The van der Waals surface area contributed by atoms with Gasteiger partial charge in [0.05, 0.1) is 17.4 Å². The summed E-state index contributed by atoms with van der Waals surface area (Å²) < 4.78 is 10.9. The number of piperidine rings is 1. The Morgan fingerprint density at radius 1 is 1.03 bits per heavy atom. The molecule has 35 heavy (non-hydrogen) atoms. The zero-order chi connectivity index (χ0) is 24.8. The number of carbonyl (C=O) groups excluding carboxylic acids is 2. The molecule has 0 bridgehead atoms. The summed E-state index contributed by atoms with van der Waals surface area (Å²) in [6, 6.07) is 16.8. The van der Waals surface area contributed by atoms with Crippen LogP contribution in [-0.4, -0.2) is 41.4 Å². The third-order valence-electron chi connectivity index (χ3n) is 5.85. The number of ether oxygens (including phenoxy) is 2. The molecular formula is C26H25N3O6. The standard InChI is InChI=1S/C26H25N3O6/c1-2-34-26(31)20-13-16-28(17-14-20)25-23(29(32)33)22(12-15-27-25)35-21-10-8-19(9-11-21)24(30)18-6-4-3-5-7-18/h3-12,15,20H,2,13-14,16-17H2,1H3. The van der Waals surface area contributed by atoms with Crippen LogP contribution in [0.25, 0.3) is 0 Å². The van der Waals surface area contributed by atoms with E-state index >= 15 is 0 Å². The SMILES string of the molecule is CCOC(=O)C1CCN(c2nccc(Oc3ccc(C(=O)c4ccccc4)cc3)c2[N+](=O)[O-])CC1. The van der Waals surface area contributed by atoms with Gasteiger partial charge in [0.2, 0.25) is 11.6 Å². The van der Waals surface area contributed by atoms with E-state index in [4.69, 9.17) is 9.47 Å². The topological polar surface area (TPSA) is 112 Å². The number of hydrogen-bond donors (Lipinski definition) is 0. The van der Waals surface area contributed by atoms with Crippen molar-refractivity contribution in [2.24, 2.45) is 5.92 Å². The molecule has 0 unspecified atom stereocenters. The monoisotopic (exact) mass is 475 g/mol. The molecule has 2 aromatic carbocycles. The summed E-state index contributed by atoms with van der Waals surface area (Å²) in [5.41, 5.74) is 0.812. The minimum absolute atomic E-state index is 0.0506. The number of ketones is 1. The van der Waals surface area contributed by atoms with Crippen LogP contribution >= 0.6 is 0 Å². The highest BCUT2D eigenvalue weighted by atomic mass is 16.6. The third-order valence-corrected chi connectivity index (χ3v) is 5.85. The number of carbonyl (C=O) groups is 2. The predicted molar refractivity (Wildman–Crippen MR) is 129 cm³/mol. The first-order valence-electron chi connectivity index (χ1n) is 11.4. The van der Waals surface area contributed by atoms with Gasteiger partial charge >= 0.3 is 11.7 Å². The highest BCUT2D eigenvalue weighted by molar-refractivity contribution is 6.09. The second-order valence-electron chi connectivity index (χ2n) is 8.07. The van der Waals surface area contributed by atoms with E-state index in [2.05, 4.69) is 4.98 Å². The van der Waals surface area contributed by atoms with Crippen LogP contribution in [0.5, 0.6) is 11.5 Å². The van der Waals surface area contributed by atoms with Crippen LogP contribution in [0.3, 0.4) is 0 Å². The first kappa shape index (κ1) is 23.9. The molecule has 1 aliphatic rings. The molecule has 0 spiro atoms. The Morgan fingerprint density at radius 3 is 2.31 bits per heavy atom. The molecule has 4 rings (SSSR count). The molecule has 3 aromatic rings. The lowest BCUT2D eigenvalue weighted by Crippen LogP contribution is -2.37. The average Bonchev–Trinajstić information content (AvgIpc) is 2.89. The summed E-state index contributed by atoms with van der Waals surface area (Å²) in [6.45, 7) is 2.97. The van der Waals surface area contributed by atoms with Gasteiger partial charge in [0, 0.05) is 36.5 Å². The molecule has 1 fully saturated rings. The van der Waals surface area contributed by atoms with E-state index in [-0.39, 0.29) is 34.9 Å². The Morgan fingerprint density at radius 2 is 1.69 bits per heavy atom. The number of nitro groups is 1. The number of aromatic nitrogens is 1. The van der Waals surface area contributed by atoms with Gasteiger partial charge in [0.15, 0.2) is 5.78 Å². The van der Waals surface area contributed by atoms with Crippen molar-refractivity contribution in [1.29, 1.82) is 0 Å². The second kappa shape index (κ2) is 10.8. The van der Waals surface area contributed by atoms with Gasteiger partial charge < -0.3 is 14.4 Å². The quantitative estimate of drug-likeness (QED) is 0.198. The van der Waals surface area contributed by atoms with Crippen molar-refractivity contribution in [2.75, 3.05) is 24.6 Å². The summed E-state index contributed by atoms with van der Waals surface area (Å²) in [4.78, 5) is 42.1. The minimum Gasteiger partial charge on any atom is -0.466 e. The van der Waals surface area contributed by atoms with Crippen LogP contribution in [0.1, 0.15) is 35.7 Å². The number of nitrogens with zero attached hydrogens (tertiary/aromatic N) is 3. The highest BCUT2D eigenvalue weighted by Gasteiger charge is 2.32. The molecule has 0 atom stereocenters. The summed E-state index contributed by atoms with van der Waals surface area (Å²) >= 11 is 0. The van der Waals surface area contributed by atoms with E-state index in [1.807, 2.05) is 6.07 Å². The molecule has 180 valence electrons. The number of rotatable bonds is 8. The Bertz CT molecular complexity index is 1210. The first-order chi connectivity index (χ1) is 17.0. The van der Waals surface area contributed by atoms with E-state index in [1.54, 1.807) is 60.4 Å². The highest BCUT2D eigenvalue weighted by Crippen LogP contribution is 2.39. The van der Waals surface area contributed by atoms with Crippen LogP contribution in [0, 0.1) is 16.0 Å². The summed E-state index contributed by atoms with van der Waals surface area (Å²) in [5.74, 6) is 0.0273. The number of benzene rings is 2. The van der Waals surface area contributed by atoms with Crippen LogP contribution in [0.15, 0.2) is 66.9 Å². The third kappa shape index (κ3) is 5.46. The smallest absolute Gasteiger partial charge is 0.353 e. The molecule has 0 saturated carbocycles. The van der Waals surface area contributed by atoms with Gasteiger partial charge in [0.1, 0.15) is 5.75 Å². The lowest BCUT2D eigenvalue weighted by Gasteiger charge is -2.31. The molecule has 0 amide bonds. The Balaban J connectivity index is 1.51. The molecule has 9 nitrogen and oxygen atoms in total. The van der Waals surface area contributed by atoms with E-state index in [0.29, 0.717) is 49.4 Å². The van der Waals surface area contributed by atoms with Crippen molar-refractivity contribution in [3.05, 3.63) is 88.1 Å². The molecule has 1 saturated heterocycles. The zero-order valence-electron chi connectivity index (χ0n) is 19.3. The van der Waals surface area contributed by atoms with E-state index < -0.39 is 4.92 Å². The normalized spacial score (nSPS) is 13.8. The summed E-state index contributed by atoms with van der Waals surface area (Å²) in [5, 5.41) is 12.0. The fraction of sp³-hybridized carbons (Fsp3) is 0.269. The van der Waals surface area contributed by atoms with Gasteiger partial charge in [-0.15, -0.1) is 0 Å². The maximum atomic E-state index is 12.6. The fourth-order valence-electron chi connectivity index (χ4n) is 4.06. The first-order valence-corrected chi connectivity index (χ1v) is 11.4. The molecule has 0 N–H and O–H groups in total. The number of hydrogen-bond acceptors (Lipinski definition) is 8. The van der Waals surface area contributed by atoms with Crippen LogP contribution in [-0.2, 0) is 9.53 Å². The lowest BCUT2D eigenvalue weighted by molar-refractivity contribution is -0.385. The summed E-state index contributed by atoms with van der Waals surface area (Å²) in [7, 11) is 0. The van der Waals surface area contributed by atoms with Crippen molar-refractivity contribution in [3.8, 4) is 11.5 Å². The van der Waals surface area contributed by atoms with Crippen molar-refractivity contribution in [3.63, 3.8) is 0 Å². The van der Waals surface area contributed by atoms with Crippen LogP contribution in [0.4, 0.5) is 11.5 Å². The van der Waals surface area contributed by atoms with Gasteiger partial charge in [0.25, 0.3) is 0 Å². The maximum absolute atomic E-state index is 12.6. The number of esters is 1. The van der Waals surface area contributed by atoms with Crippen molar-refractivity contribution >= 4 is 23.3 Å². The van der Waals surface area contributed by atoms with Crippen molar-refractivity contribution in [2.45, 2.75) is 19.8 Å². The van der Waals surface area contributed by atoms with E-state index in [0.717, 1.165) is 0 Å². The zero-order valence-corrected chi connectivity index (χ0v) is 19.3. The average molecular weight is 476 g/mol. The van der Waals surface area contributed by atoms with Crippen molar-refractivity contribution < 1.29 is 24.0 Å². The van der Waals surface area contributed by atoms with Crippen LogP contribution in [0.2, 0.25) is 0 Å². The van der Waals surface area contributed by atoms with Gasteiger partial charge in [-0.1, -0.05) is 30.3 Å². The fourth-order valence-corrected chi connectivity index (χ4v) is 4.06. The van der Waals surface area contributed by atoms with E-state index in [1.165, 1.54) is 12.3 Å². The summed E-state index contributed by atoms with van der Waals surface area (Å²) in [6.07, 6.45) is 2.52. The molecule has 9 heteroatoms. The molecule has 0 aliphatic carbocycles. The Kier molecular flexibility index (Phi) is 7.35.